The third kappa shape index (κ3) is 16.6. The highest BCUT2D eigenvalue weighted by Gasteiger charge is 2.24. The molecule has 1 unspecified atom stereocenters. The van der Waals surface area contributed by atoms with Gasteiger partial charge in [-0.25, -0.2) is 0 Å². The third-order valence-corrected chi connectivity index (χ3v) is 7.57. The van der Waals surface area contributed by atoms with Gasteiger partial charge in [-0.05, 0) is 25.7 Å². The van der Waals surface area contributed by atoms with Gasteiger partial charge in [-0.3, -0.25) is 0 Å². The average molecular weight is 463 g/mol. The van der Waals surface area contributed by atoms with E-state index in [1.807, 2.05) is 0 Å². The minimum Gasteiger partial charge on any atom is -0.356 e. The van der Waals surface area contributed by atoms with Crippen molar-refractivity contribution in [2.24, 2.45) is 0 Å². The molecular weight excluding hydrogens is 400 g/mol. The molecular formula is C31H62N2. The van der Waals surface area contributed by atoms with Crippen molar-refractivity contribution < 1.29 is 0 Å². The summed E-state index contributed by atoms with van der Waals surface area (Å²) in [6.07, 6.45) is 38.0. The predicted octanol–water partition coefficient (Wildman–Crippen LogP) is 10.4. The van der Waals surface area contributed by atoms with Crippen LogP contribution in [-0.4, -0.2) is 29.1 Å². The minimum atomic E-state index is 0.643. The Morgan fingerprint density at radius 2 is 0.697 bits per heavy atom. The SMILES string of the molecule is CCCCCCCCCCCCCCN1C=CN(CCCCCCCCC)C1CCCCC. The molecule has 0 N–H and O–H groups in total. The Hall–Kier alpha value is -0.660. The quantitative estimate of drug-likeness (QED) is 0.124. The zero-order valence-corrected chi connectivity index (χ0v) is 23.3. The maximum atomic E-state index is 2.67. The highest BCUT2D eigenvalue weighted by atomic mass is 15.4. The van der Waals surface area contributed by atoms with Gasteiger partial charge in [-0.2, -0.15) is 0 Å². The van der Waals surface area contributed by atoms with Crippen molar-refractivity contribution in [3.63, 3.8) is 0 Å². The first-order chi connectivity index (χ1) is 16.3. The molecule has 1 heterocycles. The lowest BCUT2D eigenvalue weighted by atomic mass is 10.1. The van der Waals surface area contributed by atoms with Gasteiger partial charge in [-0.15, -0.1) is 0 Å². The van der Waals surface area contributed by atoms with E-state index < -0.39 is 0 Å². The van der Waals surface area contributed by atoms with Crippen LogP contribution in [0, 0.1) is 0 Å². The molecule has 0 fully saturated rings. The molecule has 0 spiro atoms. The van der Waals surface area contributed by atoms with Gasteiger partial charge in [0.25, 0.3) is 0 Å². The van der Waals surface area contributed by atoms with Crippen molar-refractivity contribution in [2.75, 3.05) is 13.1 Å². The zero-order chi connectivity index (χ0) is 23.8. The molecule has 0 bridgehead atoms. The Morgan fingerprint density at radius 1 is 0.394 bits per heavy atom. The molecule has 2 nitrogen and oxygen atoms in total. The summed E-state index contributed by atoms with van der Waals surface area (Å²) < 4.78 is 0. The molecule has 0 saturated carbocycles. The van der Waals surface area contributed by atoms with Gasteiger partial charge < -0.3 is 9.80 Å². The van der Waals surface area contributed by atoms with Crippen molar-refractivity contribution in [1.29, 1.82) is 0 Å². The molecule has 0 radical (unpaired) electrons. The molecule has 1 aliphatic heterocycles. The molecule has 33 heavy (non-hydrogen) atoms. The van der Waals surface area contributed by atoms with Gasteiger partial charge in [-0.1, -0.05) is 143 Å². The van der Waals surface area contributed by atoms with Gasteiger partial charge in [0.15, 0.2) is 0 Å². The van der Waals surface area contributed by atoms with E-state index in [1.165, 1.54) is 161 Å². The second-order valence-corrected chi connectivity index (χ2v) is 10.8. The van der Waals surface area contributed by atoms with Crippen molar-refractivity contribution in [2.45, 2.75) is 175 Å². The normalized spacial score (nSPS) is 15.8. The van der Waals surface area contributed by atoms with E-state index in [-0.39, 0.29) is 0 Å². The first kappa shape index (κ1) is 30.4. The summed E-state index contributed by atoms with van der Waals surface area (Å²) >= 11 is 0. The fraction of sp³-hybridized carbons (Fsp3) is 0.935. The van der Waals surface area contributed by atoms with E-state index in [9.17, 15) is 0 Å². The molecule has 0 amide bonds. The van der Waals surface area contributed by atoms with Gasteiger partial charge in [0.1, 0.15) is 6.17 Å². The highest BCUT2D eigenvalue weighted by Crippen LogP contribution is 2.23. The van der Waals surface area contributed by atoms with E-state index in [4.69, 9.17) is 0 Å². The molecule has 0 aromatic carbocycles. The number of hydrogen-bond donors (Lipinski definition) is 0. The number of unbranched alkanes of at least 4 members (excludes halogenated alkanes) is 19. The van der Waals surface area contributed by atoms with Crippen LogP contribution in [0.5, 0.6) is 0 Å². The van der Waals surface area contributed by atoms with Gasteiger partial charge in [0.05, 0.1) is 0 Å². The monoisotopic (exact) mass is 462 g/mol. The Balaban J connectivity index is 2.12. The molecule has 1 atom stereocenters. The Kier molecular flexibility index (Phi) is 21.3. The fourth-order valence-corrected chi connectivity index (χ4v) is 5.30. The van der Waals surface area contributed by atoms with Crippen molar-refractivity contribution in [3.8, 4) is 0 Å². The van der Waals surface area contributed by atoms with Crippen molar-refractivity contribution >= 4 is 0 Å². The van der Waals surface area contributed by atoms with Gasteiger partial charge in [0, 0.05) is 25.5 Å². The first-order valence-corrected chi connectivity index (χ1v) is 15.5. The minimum absolute atomic E-state index is 0.643. The zero-order valence-electron chi connectivity index (χ0n) is 23.3. The van der Waals surface area contributed by atoms with Crippen LogP contribution in [0.3, 0.4) is 0 Å². The lowest BCUT2D eigenvalue weighted by Gasteiger charge is -2.33. The van der Waals surface area contributed by atoms with Crippen molar-refractivity contribution in [3.05, 3.63) is 12.4 Å². The maximum absolute atomic E-state index is 2.67. The van der Waals surface area contributed by atoms with E-state index >= 15 is 0 Å². The standard InChI is InChI=1S/C31H62N2/c1-4-7-10-12-14-15-16-17-18-20-22-25-28-33-30-29-32(31(33)26-23-9-6-3)27-24-21-19-13-11-8-5-2/h29-31H,4-28H2,1-3H3. The summed E-state index contributed by atoms with van der Waals surface area (Å²) in [4.78, 5) is 5.34. The molecule has 0 aromatic rings. The van der Waals surface area contributed by atoms with E-state index in [2.05, 4.69) is 43.0 Å². The van der Waals surface area contributed by atoms with Crippen LogP contribution >= 0.6 is 0 Å². The summed E-state index contributed by atoms with van der Waals surface area (Å²) in [5, 5.41) is 0. The summed E-state index contributed by atoms with van der Waals surface area (Å²) in [6, 6.07) is 0. The van der Waals surface area contributed by atoms with Crippen LogP contribution in [0.25, 0.3) is 0 Å². The van der Waals surface area contributed by atoms with Crippen LogP contribution in [0.4, 0.5) is 0 Å². The summed E-state index contributed by atoms with van der Waals surface area (Å²) in [5.74, 6) is 0. The molecule has 2 heteroatoms. The second-order valence-electron chi connectivity index (χ2n) is 10.8. The molecule has 1 aliphatic rings. The summed E-state index contributed by atoms with van der Waals surface area (Å²) in [7, 11) is 0. The van der Waals surface area contributed by atoms with Crippen LogP contribution in [0.2, 0.25) is 0 Å². The Labute approximate surface area is 210 Å². The second kappa shape index (κ2) is 23.1. The van der Waals surface area contributed by atoms with Crippen molar-refractivity contribution in [1.82, 2.24) is 9.80 Å². The molecule has 0 saturated heterocycles. The summed E-state index contributed by atoms with van der Waals surface area (Å²) in [6.45, 7) is 9.46. The smallest absolute Gasteiger partial charge is 0.101 e. The van der Waals surface area contributed by atoms with E-state index in [0.717, 1.165) is 0 Å². The Morgan fingerprint density at radius 3 is 1.06 bits per heavy atom. The number of nitrogens with zero attached hydrogens (tertiary/aromatic N) is 2. The molecule has 0 aromatic heterocycles. The average Bonchev–Trinajstić information content (AvgIpc) is 3.21. The lowest BCUT2D eigenvalue weighted by Crippen LogP contribution is -2.39. The van der Waals surface area contributed by atoms with Crippen LogP contribution in [0.1, 0.15) is 168 Å². The van der Waals surface area contributed by atoms with Crippen LogP contribution in [-0.2, 0) is 0 Å². The topological polar surface area (TPSA) is 6.48 Å². The van der Waals surface area contributed by atoms with E-state index in [1.54, 1.807) is 0 Å². The van der Waals surface area contributed by atoms with Gasteiger partial charge >= 0.3 is 0 Å². The maximum Gasteiger partial charge on any atom is 0.101 e. The molecule has 196 valence electrons. The first-order valence-electron chi connectivity index (χ1n) is 15.5. The molecule has 0 aliphatic carbocycles. The predicted molar refractivity (Wildman–Crippen MR) is 150 cm³/mol. The van der Waals surface area contributed by atoms with E-state index in [0.29, 0.717) is 6.17 Å². The number of hydrogen-bond acceptors (Lipinski definition) is 2. The van der Waals surface area contributed by atoms with Crippen LogP contribution < -0.4 is 0 Å². The largest absolute Gasteiger partial charge is 0.356 e. The van der Waals surface area contributed by atoms with Crippen LogP contribution in [0.15, 0.2) is 12.4 Å². The number of rotatable bonds is 25. The summed E-state index contributed by atoms with van der Waals surface area (Å²) in [5.41, 5.74) is 0. The Bertz CT molecular complexity index is 419. The highest BCUT2D eigenvalue weighted by molar-refractivity contribution is 4.96. The lowest BCUT2D eigenvalue weighted by molar-refractivity contribution is 0.135. The van der Waals surface area contributed by atoms with Gasteiger partial charge in [0.2, 0.25) is 0 Å². The molecule has 1 rings (SSSR count). The third-order valence-electron chi connectivity index (χ3n) is 7.57. The fourth-order valence-electron chi connectivity index (χ4n) is 5.30.